The van der Waals surface area contributed by atoms with E-state index in [-0.39, 0.29) is 11.4 Å². The topological polar surface area (TPSA) is 97.4 Å². The number of amides is 2. The molecule has 1 aromatic heterocycles. The smallest absolute Gasteiger partial charge is 0.319 e. The van der Waals surface area contributed by atoms with E-state index in [9.17, 15) is 13.2 Å². The number of para-hydroxylation sites is 1. The fourth-order valence-corrected chi connectivity index (χ4v) is 4.08. The Morgan fingerprint density at radius 3 is 2.35 bits per heavy atom. The van der Waals surface area contributed by atoms with Crippen molar-refractivity contribution in [2.24, 2.45) is 0 Å². The molecule has 0 unspecified atom stereocenters. The lowest BCUT2D eigenvalue weighted by Crippen LogP contribution is -2.28. The monoisotopic (exact) mass is 479 g/mol. The Balaban J connectivity index is 1.69. The third kappa shape index (κ3) is 5.66. The van der Waals surface area contributed by atoms with E-state index in [1.807, 2.05) is 18.2 Å². The Hall–Kier alpha value is -2.81. The van der Waals surface area contributed by atoms with Crippen LogP contribution in [0.15, 0.2) is 59.6 Å². The first kappa shape index (κ1) is 22.9. The number of pyridine rings is 1. The molecule has 3 aromatic rings. The van der Waals surface area contributed by atoms with Gasteiger partial charge in [-0.15, -0.1) is 0 Å². The van der Waals surface area contributed by atoms with Crippen LogP contribution in [0.5, 0.6) is 5.75 Å². The fourth-order valence-electron chi connectivity index (χ4n) is 2.83. The van der Waals surface area contributed by atoms with Crippen LogP contribution in [0.25, 0.3) is 11.1 Å². The van der Waals surface area contributed by atoms with Crippen molar-refractivity contribution in [3.63, 3.8) is 0 Å². The second-order valence-electron chi connectivity index (χ2n) is 6.58. The Morgan fingerprint density at radius 2 is 1.77 bits per heavy atom. The number of anilines is 1. The quantitative estimate of drug-likeness (QED) is 0.529. The molecule has 2 aromatic carbocycles. The second-order valence-corrected chi connectivity index (χ2v) is 9.41. The Labute approximate surface area is 190 Å². The van der Waals surface area contributed by atoms with Crippen molar-refractivity contribution >= 4 is 44.8 Å². The van der Waals surface area contributed by atoms with Crippen molar-refractivity contribution in [2.45, 2.75) is 11.4 Å². The third-order valence-corrected chi connectivity index (χ3v) is 6.03. The lowest BCUT2D eigenvalue weighted by molar-refractivity contribution is 0.251. The van der Waals surface area contributed by atoms with Gasteiger partial charge in [0.25, 0.3) is 0 Å². The number of carbonyl (C=O) groups is 1. The number of hydrogen-bond acceptors (Lipinski definition) is 5. The highest BCUT2D eigenvalue weighted by atomic mass is 35.5. The summed E-state index contributed by atoms with van der Waals surface area (Å²) < 4.78 is 28.3. The van der Waals surface area contributed by atoms with E-state index in [4.69, 9.17) is 27.9 Å². The van der Waals surface area contributed by atoms with Crippen molar-refractivity contribution in [2.75, 3.05) is 18.7 Å². The number of nitrogens with one attached hydrogen (secondary N) is 2. The molecule has 31 heavy (non-hydrogen) atoms. The van der Waals surface area contributed by atoms with Gasteiger partial charge in [0, 0.05) is 29.3 Å². The number of rotatable bonds is 6. The third-order valence-electron chi connectivity index (χ3n) is 4.33. The zero-order chi connectivity index (χ0) is 22.6. The van der Waals surface area contributed by atoms with Crippen molar-refractivity contribution in [3.05, 3.63) is 70.5 Å². The second kappa shape index (κ2) is 9.55. The standard InChI is InChI=1S/C21H19Cl2N3O4S/c1-30-19-6-4-3-5-16(19)20-17(22)9-14(10-18(20)23)26-21(27)25-11-13-7-8-15(12-24-13)31(2,28)29/h3-10,12H,11H2,1-2H3,(H2,25,26,27). The maximum atomic E-state index is 12.2. The molecule has 0 aliphatic heterocycles. The van der Waals surface area contributed by atoms with Gasteiger partial charge in [-0.05, 0) is 30.3 Å². The zero-order valence-electron chi connectivity index (χ0n) is 16.6. The summed E-state index contributed by atoms with van der Waals surface area (Å²) in [6, 6.07) is 13.0. The minimum absolute atomic E-state index is 0.108. The lowest BCUT2D eigenvalue weighted by atomic mass is 10.0. The van der Waals surface area contributed by atoms with Crippen molar-refractivity contribution in [1.29, 1.82) is 0 Å². The summed E-state index contributed by atoms with van der Waals surface area (Å²) in [5.41, 5.74) is 2.25. The maximum absolute atomic E-state index is 12.2. The molecule has 0 aliphatic carbocycles. The van der Waals surface area contributed by atoms with Crippen LogP contribution in [0.1, 0.15) is 5.69 Å². The molecule has 162 valence electrons. The van der Waals surface area contributed by atoms with Gasteiger partial charge in [-0.25, -0.2) is 13.2 Å². The number of ether oxygens (including phenoxy) is 1. The molecule has 3 rings (SSSR count). The van der Waals surface area contributed by atoms with Crippen LogP contribution in [-0.2, 0) is 16.4 Å². The molecular weight excluding hydrogens is 461 g/mol. The summed E-state index contributed by atoms with van der Waals surface area (Å²) >= 11 is 12.9. The average Bonchev–Trinajstić information content (AvgIpc) is 2.72. The van der Waals surface area contributed by atoms with Gasteiger partial charge < -0.3 is 15.4 Å². The van der Waals surface area contributed by atoms with E-state index >= 15 is 0 Å². The summed E-state index contributed by atoms with van der Waals surface area (Å²) in [7, 11) is -1.76. The summed E-state index contributed by atoms with van der Waals surface area (Å²) in [6.07, 6.45) is 2.35. The number of aromatic nitrogens is 1. The Bertz CT molecular complexity index is 1190. The summed E-state index contributed by atoms with van der Waals surface area (Å²) in [5, 5.41) is 6.01. The molecule has 0 fully saturated rings. The Morgan fingerprint density at radius 1 is 1.10 bits per heavy atom. The van der Waals surface area contributed by atoms with Gasteiger partial charge in [0.05, 0.1) is 34.3 Å². The summed E-state index contributed by atoms with van der Waals surface area (Å²) in [4.78, 5) is 16.4. The van der Waals surface area contributed by atoms with Gasteiger partial charge in [0.1, 0.15) is 5.75 Å². The fraction of sp³-hybridized carbons (Fsp3) is 0.143. The van der Waals surface area contributed by atoms with Crippen molar-refractivity contribution in [3.8, 4) is 16.9 Å². The Kier molecular flexibility index (Phi) is 7.04. The van der Waals surface area contributed by atoms with E-state index in [0.29, 0.717) is 32.7 Å². The zero-order valence-corrected chi connectivity index (χ0v) is 19.0. The van der Waals surface area contributed by atoms with Crippen LogP contribution in [0.2, 0.25) is 10.0 Å². The van der Waals surface area contributed by atoms with Crippen molar-refractivity contribution in [1.82, 2.24) is 10.3 Å². The molecule has 1 heterocycles. The van der Waals surface area contributed by atoms with E-state index in [1.54, 1.807) is 25.3 Å². The van der Waals surface area contributed by atoms with Gasteiger partial charge in [-0.2, -0.15) is 0 Å². The minimum Gasteiger partial charge on any atom is -0.496 e. The lowest BCUT2D eigenvalue weighted by Gasteiger charge is -2.14. The predicted octanol–water partition coefficient (Wildman–Crippen LogP) is 4.79. The van der Waals surface area contributed by atoms with Crippen LogP contribution in [0, 0.1) is 0 Å². The maximum Gasteiger partial charge on any atom is 0.319 e. The highest BCUT2D eigenvalue weighted by Gasteiger charge is 2.15. The molecule has 2 N–H and O–H groups in total. The molecule has 10 heteroatoms. The SMILES string of the molecule is COc1ccccc1-c1c(Cl)cc(NC(=O)NCc2ccc(S(C)(=O)=O)cn2)cc1Cl. The first-order valence-corrected chi connectivity index (χ1v) is 11.7. The number of carbonyl (C=O) groups excluding carboxylic acids is 1. The van der Waals surface area contributed by atoms with Crippen LogP contribution in [0.3, 0.4) is 0 Å². The normalized spacial score (nSPS) is 11.1. The molecule has 0 saturated carbocycles. The summed E-state index contributed by atoms with van der Waals surface area (Å²) in [5.74, 6) is 0.624. The molecule has 0 bridgehead atoms. The van der Waals surface area contributed by atoms with Crippen LogP contribution in [0.4, 0.5) is 10.5 Å². The molecule has 0 radical (unpaired) electrons. The highest BCUT2D eigenvalue weighted by Crippen LogP contribution is 2.41. The number of sulfone groups is 1. The van der Waals surface area contributed by atoms with E-state index in [1.165, 1.54) is 18.3 Å². The van der Waals surface area contributed by atoms with Gasteiger partial charge in [0.15, 0.2) is 9.84 Å². The number of urea groups is 1. The van der Waals surface area contributed by atoms with E-state index < -0.39 is 15.9 Å². The number of halogens is 2. The first-order chi connectivity index (χ1) is 14.7. The van der Waals surface area contributed by atoms with Crippen LogP contribution >= 0.6 is 23.2 Å². The van der Waals surface area contributed by atoms with E-state index in [2.05, 4.69) is 15.6 Å². The molecule has 0 atom stereocenters. The molecule has 2 amide bonds. The number of nitrogens with zero attached hydrogens (tertiary/aromatic N) is 1. The number of methoxy groups -OCH3 is 1. The first-order valence-electron chi connectivity index (χ1n) is 9.01. The van der Waals surface area contributed by atoms with Crippen LogP contribution in [-0.4, -0.2) is 32.8 Å². The molecule has 0 aliphatic rings. The van der Waals surface area contributed by atoms with Gasteiger partial charge in [0.2, 0.25) is 0 Å². The number of hydrogen-bond donors (Lipinski definition) is 2. The molecule has 7 nitrogen and oxygen atoms in total. The largest absolute Gasteiger partial charge is 0.496 e. The average molecular weight is 480 g/mol. The van der Waals surface area contributed by atoms with Crippen molar-refractivity contribution < 1.29 is 17.9 Å². The highest BCUT2D eigenvalue weighted by molar-refractivity contribution is 7.90. The predicted molar refractivity (Wildman–Crippen MR) is 122 cm³/mol. The van der Waals surface area contributed by atoms with Gasteiger partial charge in [-0.1, -0.05) is 41.4 Å². The van der Waals surface area contributed by atoms with Gasteiger partial charge in [-0.3, -0.25) is 4.98 Å². The van der Waals surface area contributed by atoms with E-state index in [0.717, 1.165) is 11.8 Å². The van der Waals surface area contributed by atoms with Crippen LogP contribution < -0.4 is 15.4 Å². The van der Waals surface area contributed by atoms with Gasteiger partial charge >= 0.3 is 6.03 Å². The molecule has 0 saturated heterocycles. The summed E-state index contributed by atoms with van der Waals surface area (Å²) in [6.45, 7) is 0.108. The number of benzene rings is 2. The molecule has 0 spiro atoms. The minimum atomic E-state index is -3.32. The molecular formula is C21H19Cl2N3O4S.